The van der Waals surface area contributed by atoms with E-state index in [1.54, 1.807) is 11.3 Å². The fraction of sp³-hybridized carbons (Fsp3) is 0.684. The Hall–Kier alpha value is -1.36. The Morgan fingerprint density at radius 1 is 1.25 bits per heavy atom. The van der Waals surface area contributed by atoms with Crippen LogP contribution in [-0.4, -0.2) is 23.5 Å². The first-order valence-electron chi connectivity index (χ1n) is 9.16. The van der Waals surface area contributed by atoms with Gasteiger partial charge in [-0.25, -0.2) is 0 Å². The highest BCUT2D eigenvalue weighted by molar-refractivity contribution is 7.14. The normalized spacial score (nSPS) is 27.1. The maximum atomic E-state index is 12.6. The Kier molecular flexibility index (Phi) is 5.28. The molecule has 1 aromatic heterocycles. The molecule has 4 nitrogen and oxygen atoms in total. The van der Waals surface area contributed by atoms with Crippen molar-refractivity contribution >= 4 is 23.2 Å². The Morgan fingerprint density at radius 3 is 2.67 bits per heavy atom. The molecule has 1 saturated carbocycles. The Balaban J connectivity index is 1.69. The van der Waals surface area contributed by atoms with E-state index in [2.05, 4.69) is 5.32 Å². The van der Waals surface area contributed by atoms with Gasteiger partial charge in [-0.15, -0.1) is 11.3 Å². The summed E-state index contributed by atoms with van der Waals surface area (Å²) in [6.07, 6.45) is 9.60. The number of carboxylic acids is 1. The van der Waals surface area contributed by atoms with Crippen LogP contribution in [0.2, 0.25) is 0 Å². The number of hydrogen-bond acceptors (Lipinski definition) is 3. The number of aliphatic carboxylic acids is 1. The molecule has 0 aromatic carbocycles. The van der Waals surface area contributed by atoms with Crippen LogP contribution in [0.25, 0.3) is 0 Å². The molecule has 1 amide bonds. The van der Waals surface area contributed by atoms with Gasteiger partial charge in [0.25, 0.3) is 5.91 Å². The van der Waals surface area contributed by atoms with Gasteiger partial charge in [-0.05, 0) is 56.1 Å². The Labute approximate surface area is 147 Å². The SMILES string of the molecule is CC1CCCC1(CNC(=O)c1cc2c(s1)CCCCCC2)C(=O)O. The number of amides is 1. The molecule has 2 N–H and O–H groups in total. The van der Waals surface area contributed by atoms with Crippen LogP contribution in [0, 0.1) is 11.3 Å². The minimum absolute atomic E-state index is 0.105. The van der Waals surface area contributed by atoms with E-state index in [4.69, 9.17) is 0 Å². The van der Waals surface area contributed by atoms with Crippen molar-refractivity contribution in [2.45, 2.75) is 64.7 Å². The highest BCUT2D eigenvalue weighted by Crippen LogP contribution is 2.43. The quantitative estimate of drug-likeness (QED) is 0.862. The molecular weight excluding hydrogens is 322 g/mol. The van der Waals surface area contributed by atoms with E-state index in [1.165, 1.54) is 36.1 Å². The highest BCUT2D eigenvalue weighted by Gasteiger charge is 2.47. The van der Waals surface area contributed by atoms with Crippen molar-refractivity contribution in [3.05, 3.63) is 21.4 Å². The topological polar surface area (TPSA) is 66.4 Å². The molecule has 1 heterocycles. The van der Waals surface area contributed by atoms with E-state index in [9.17, 15) is 14.7 Å². The second-order valence-corrected chi connectivity index (χ2v) is 8.55. The van der Waals surface area contributed by atoms with Crippen molar-refractivity contribution in [2.75, 3.05) is 6.54 Å². The molecule has 2 unspecified atom stereocenters. The first-order chi connectivity index (χ1) is 11.5. The van der Waals surface area contributed by atoms with Crippen molar-refractivity contribution < 1.29 is 14.7 Å². The summed E-state index contributed by atoms with van der Waals surface area (Å²) in [6, 6.07) is 2.03. The van der Waals surface area contributed by atoms with Gasteiger partial charge in [0.2, 0.25) is 0 Å². The predicted octanol–water partition coefficient (Wildman–Crippen LogP) is 4.03. The average molecular weight is 349 g/mol. The lowest BCUT2D eigenvalue weighted by Gasteiger charge is -2.29. The third kappa shape index (κ3) is 3.37. The number of carbonyl (C=O) groups excluding carboxylic acids is 1. The molecule has 0 bridgehead atoms. The van der Waals surface area contributed by atoms with Crippen LogP contribution in [0.1, 0.15) is 72.0 Å². The van der Waals surface area contributed by atoms with Gasteiger partial charge in [-0.1, -0.05) is 26.2 Å². The molecule has 3 rings (SSSR count). The van der Waals surface area contributed by atoms with Gasteiger partial charge in [-0.2, -0.15) is 0 Å². The summed E-state index contributed by atoms with van der Waals surface area (Å²) in [5.74, 6) is -0.767. The van der Waals surface area contributed by atoms with E-state index >= 15 is 0 Å². The third-order valence-electron chi connectivity index (χ3n) is 5.91. The van der Waals surface area contributed by atoms with Crippen molar-refractivity contribution in [1.82, 2.24) is 5.32 Å². The third-order valence-corrected chi connectivity index (χ3v) is 7.15. The minimum Gasteiger partial charge on any atom is -0.481 e. The van der Waals surface area contributed by atoms with Crippen LogP contribution in [0.3, 0.4) is 0 Å². The number of carbonyl (C=O) groups is 2. The van der Waals surface area contributed by atoms with E-state index in [-0.39, 0.29) is 18.4 Å². The van der Waals surface area contributed by atoms with Gasteiger partial charge < -0.3 is 10.4 Å². The highest BCUT2D eigenvalue weighted by atomic mass is 32.1. The molecule has 2 atom stereocenters. The summed E-state index contributed by atoms with van der Waals surface area (Å²) < 4.78 is 0. The lowest BCUT2D eigenvalue weighted by Crippen LogP contribution is -2.44. The second-order valence-electron chi connectivity index (χ2n) is 7.41. The molecule has 0 radical (unpaired) electrons. The minimum atomic E-state index is -0.790. The fourth-order valence-electron chi connectivity index (χ4n) is 4.18. The second kappa shape index (κ2) is 7.26. The van der Waals surface area contributed by atoms with Gasteiger partial charge in [0.05, 0.1) is 10.3 Å². The van der Waals surface area contributed by atoms with Gasteiger partial charge in [-0.3, -0.25) is 9.59 Å². The number of rotatable bonds is 4. The van der Waals surface area contributed by atoms with E-state index in [0.717, 1.165) is 30.6 Å². The molecule has 5 heteroatoms. The number of carboxylic acid groups (broad SMARTS) is 1. The summed E-state index contributed by atoms with van der Waals surface area (Å²) >= 11 is 1.60. The Morgan fingerprint density at radius 2 is 2.00 bits per heavy atom. The standard InChI is InChI=1S/C19H27NO3S/c1-13-7-6-10-19(13,18(22)23)12-20-17(21)16-11-14-8-4-2-3-5-9-15(14)24-16/h11,13H,2-10,12H2,1H3,(H,20,21)(H,22,23). The number of nitrogens with one attached hydrogen (secondary N) is 1. The lowest BCUT2D eigenvalue weighted by molar-refractivity contribution is -0.150. The molecule has 2 aliphatic rings. The summed E-state index contributed by atoms with van der Waals surface area (Å²) in [6.45, 7) is 2.23. The van der Waals surface area contributed by atoms with Crippen molar-refractivity contribution in [3.63, 3.8) is 0 Å². The number of fused-ring (bicyclic) bond motifs is 1. The smallest absolute Gasteiger partial charge is 0.311 e. The van der Waals surface area contributed by atoms with Crippen LogP contribution >= 0.6 is 11.3 Å². The molecule has 1 fully saturated rings. The first kappa shape index (κ1) is 17.5. The maximum absolute atomic E-state index is 12.6. The Bertz CT molecular complexity index is 599. The molecule has 0 aliphatic heterocycles. The first-order valence-corrected chi connectivity index (χ1v) is 9.98. The zero-order chi connectivity index (χ0) is 17.2. The van der Waals surface area contributed by atoms with Crippen LogP contribution in [0.4, 0.5) is 0 Å². The summed E-state index contributed by atoms with van der Waals surface area (Å²) in [5.41, 5.74) is 0.536. The number of aryl methyl sites for hydroxylation is 2. The maximum Gasteiger partial charge on any atom is 0.311 e. The van der Waals surface area contributed by atoms with Crippen LogP contribution in [0.15, 0.2) is 6.07 Å². The van der Waals surface area contributed by atoms with Gasteiger partial charge >= 0.3 is 5.97 Å². The van der Waals surface area contributed by atoms with Crippen molar-refractivity contribution in [2.24, 2.45) is 11.3 Å². The van der Waals surface area contributed by atoms with E-state index in [0.29, 0.717) is 6.42 Å². The molecular formula is C19H27NO3S. The summed E-state index contributed by atoms with van der Waals surface area (Å²) in [4.78, 5) is 26.4. The molecule has 1 aromatic rings. The summed E-state index contributed by atoms with van der Waals surface area (Å²) in [7, 11) is 0. The summed E-state index contributed by atoms with van der Waals surface area (Å²) in [5, 5.41) is 12.6. The molecule has 0 saturated heterocycles. The molecule has 0 spiro atoms. The fourth-order valence-corrected chi connectivity index (χ4v) is 5.35. The lowest BCUT2D eigenvalue weighted by atomic mass is 9.78. The van der Waals surface area contributed by atoms with E-state index in [1.807, 2.05) is 13.0 Å². The average Bonchev–Trinajstić information content (AvgIpc) is 3.09. The largest absolute Gasteiger partial charge is 0.481 e. The van der Waals surface area contributed by atoms with Crippen molar-refractivity contribution in [3.8, 4) is 0 Å². The monoisotopic (exact) mass is 349 g/mol. The van der Waals surface area contributed by atoms with Crippen LogP contribution < -0.4 is 5.32 Å². The molecule has 2 aliphatic carbocycles. The zero-order valence-corrected chi connectivity index (χ0v) is 15.2. The van der Waals surface area contributed by atoms with Gasteiger partial charge in [0.1, 0.15) is 0 Å². The number of thiophene rings is 1. The predicted molar refractivity (Wildman–Crippen MR) is 95.6 cm³/mol. The van der Waals surface area contributed by atoms with E-state index < -0.39 is 11.4 Å². The van der Waals surface area contributed by atoms with Gasteiger partial charge in [0.15, 0.2) is 0 Å². The molecule has 132 valence electrons. The van der Waals surface area contributed by atoms with Crippen molar-refractivity contribution in [1.29, 1.82) is 0 Å². The van der Waals surface area contributed by atoms with Gasteiger partial charge in [0, 0.05) is 11.4 Å². The number of hydrogen-bond donors (Lipinski definition) is 2. The van der Waals surface area contributed by atoms with Crippen LogP contribution in [0.5, 0.6) is 0 Å². The van der Waals surface area contributed by atoms with Crippen LogP contribution in [-0.2, 0) is 17.6 Å². The molecule has 24 heavy (non-hydrogen) atoms. The zero-order valence-electron chi connectivity index (χ0n) is 14.4.